The first-order chi connectivity index (χ1) is 11.0. The van der Waals surface area contributed by atoms with Crippen molar-refractivity contribution >= 4 is 5.97 Å². The molecule has 1 heterocycles. The average molecular weight is 326 g/mol. The van der Waals surface area contributed by atoms with E-state index in [2.05, 4.69) is 4.74 Å². The second-order valence-corrected chi connectivity index (χ2v) is 5.59. The Hall–Kier alpha value is -1.51. The van der Waals surface area contributed by atoms with E-state index in [0.717, 1.165) is 5.56 Å². The van der Waals surface area contributed by atoms with Gasteiger partial charge in [0, 0.05) is 0 Å². The standard InChI is InChI=1S/C16H22O7/c1-22-16(21)10-5-2-9(3-6-10)4-7-11-13(18)15(20)14(19)12(8-17)23-11/h2-3,5-6,11-15,17-20H,4,7-8H2,1H3/t11-,12-,13+,14-,15-/m1/s1. The van der Waals surface area contributed by atoms with Crippen LogP contribution in [0, 0.1) is 0 Å². The number of methoxy groups -OCH3 is 1. The van der Waals surface area contributed by atoms with Crippen molar-refractivity contribution < 1.29 is 34.7 Å². The van der Waals surface area contributed by atoms with E-state index in [0.29, 0.717) is 18.4 Å². The lowest BCUT2D eigenvalue weighted by molar-refractivity contribution is -0.230. The fourth-order valence-corrected chi connectivity index (χ4v) is 2.65. The maximum absolute atomic E-state index is 11.4. The summed E-state index contributed by atoms with van der Waals surface area (Å²) in [7, 11) is 1.31. The highest BCUT2D eigenvalue weighted by atomic mass is 16.5. The molecule has 128 valence electrons. The maximum Gasteiger partial charge on any atom is 0.337 e. The highest BCUT2D eigenvalue weighted by Gasteiger charge is 2.42. The highest BCUT2D eigenvalue weighted by Crippen LogP contribution is 2.24. The van der Waals surface area contributed by atoms with E-state index in [9.17, 15) is 20.1 Å². The number of aliphatic hydroxyl groups excluding tert-OH is 4. The molecule has 1 fully saturated rings. The fraction of sp³-hybridized carbons (Fsp3) is 0.562. The predicted octanol–water partition coefficient (Wildman–Crippen LogP) is -0.752. The van der Waals surface area contributed by atoms with Gasteiger partial charge in [-0.15, -0.1) is 0 Å². The van der Waals surface area contributed by atoms with Crippen molar-refractivity contribution in [2.24, 2.45) is 0 Å². The van der Waals surface area contributed by atoms with Gasteiger partial charge in [-0.25, -0.2) is 4.79 Å². The molecule has 7 heteroatoms. The molecule has 0 unspecified atom stereocenters. The van der Waals surface area contributed by atoms with Gasteiger partial charge in [-0.2, -0.15) is 0 Å². The van der Waals surface area contributed by atoms with Crippen molar-refractivity contribution in [2.75, 3.05) is 13.7 Å². The van der Waals surface area contributed by atoms with Crippen LogP contribution in [0.15, 0.2) is 24.3 Å². The van der Waals surface area contributed by atoms with Gasteiger partial charge in [-0.1, -0.05) is 12.1 Å². The second-order valence-electron chi connectivity index (χ2n) is 5.59. The van der Waals surface area contributed by atoms with Crippen LogP contribution in [0.1, 0.15) is 22.3 Å². The van der Waals surface area contributed by atoms with Gasteiger partial charge >= 0.3 is 5.97 Å². The Balaban J connectivity index is 1.95. The zero-order chi connectivity index (χ0) is 17.0. The molecule has 0 bridgehead atoms. The number of esters is 1. The maximum atomic E-state index is 11.4. The first-order valence-corrected chi connectivity index (χ1v) is 7.45. The Morgan fingerprint density at radius 2 is 1.70 bits per heavy atom. The van der Waals surface area contributed by atoms with Gasteiger partial charge in [0.05, 0.1) is 25.4 Å². The summed E-state index contributed by atoms with van der Waals surface area (Å²) < 4.78 is 10.1. The monoisotopic (exact) mass is 326 g/mol. The molecule has 1 aliphatic heterocycles. The summed E-state index contributed by atoms with van der Waals surface area (Å²) in [5, 5.41) is 38.6. The van der Waals surface area contributed by atoms with E-state index in [1.165, 1.54) is 7.11 Å². The van der Waals surface area contributed by atoms with Crippen LogP contribution >= 0.6 is 0 Å². The van der Waals surface area contributed by atoms with Gasteiger partial charge in [0.25, 0.3) is 0 Å². The Morgan fingerprint density at radius 1 is 1.09 bits per heavy atom. The summed E-state index contributed by atoms with van der Waals surface area (Å²) in [6.45, 7) is -0.435. The second kappa shape index (κ2) is 7.85. The molecule has 2 rings (SSSR count). The average Bonchev–Trinajstić information content (AvgIpc) is 2.59. The smallest absolute Gasteiger partial charge is 0.337 e. The molecule has 7 nitrogen and oxygen atoms in total. The van der Waals surface area contributed by atoms with Gasteiger partial charge in [0.1, 0.15) is 24.4 Å². The molecule has 23 heavy (non-hydrogen) atoms. The van der Waals surface area contributed by atoms with Gasteiger partial charge < -0.3 is 29.9 Å². The number of hydrogen-bond donors (Lipinski definition) is 4. The molecular formula is C16H22O7. The van der Waals surface area contributed by atoms with E-state index >= 15 is 0 Å². The van der Waals surface area contributed by atoms with Gasteiger partial charge in [-0.05, 0) is 30.5 Å². The number of aryl methyl sites for hydroxylation is 1. The summed E-state index contributed by atoms with van der Waals surface area (Å²) in [5.74, 6) is -0.412. The van der Waals surface area contributed by atoms with Crippen molar-refractivity contribution in [3.05, 3.63) is 35.4 Å². The van der Waals surface area contributed by atoms with Crippen molar-refractivity contribution in [3.63, 3.8) is 0 Å². The quantitative estimate of drug-likeness (QED) is 0.526. The lowest BCUT2D eigenvalue weighted by Gasteiger charge is -2.40. The Bertz CT molecular complexity index is 514. The molecule has 0 spiro atoms. The first kappa shape index (κ1) is 17.8. The van der Waals surface area contributed by atoms with Crippen molar-refractivity contribution in [1.82, 2.24) is 0 Å². The lowest BCUT2D eigenvalue weighted by Crippen LogP contribution is -2.58. The molecule has 1 aromatic carbocycles. The Morgan fingerprint density at radius 3 is 2.26 bits per heavy atom. The molecule has 0 radical (unpaired) electrons. The van der Waals surface area contributed by atoms with E-state index < -0.39 is 43.1 Å². The highest BCUT2D eigenvalue weighted by molar-refractivity contribution is 5.89. The topological polar surface area (TPSA) is 116 Å². The van der Waals surface area contributed by atoms with E-state index in [1.54, 1.807) is 24.3 Å². The summed E-state index contributed by atoms with van der Waals surface area (Å²) in [6, 6.07) is 6.84. The van der Waals surface area contributed by atoms with E-state index in [1.807, 2.05) is 0 Å². The van der Waals surface area contributed by atoms with Crippen LogP contribution in [-0.2, 0) is 15.9 Å². The van der Waals surface area contributed by atoms with Crippen LogP contribution < -0.4 is 0 Å². The minimum atomic E-state index is -1.35. The number of carbonyl (C=O) groups excluding carboxylic acids is 1. The zero-order valence-corrected chi connectivity index (χ0v) is 12.8. The third kappa shape index (κ3) is 4.07. The van der Waals surface area contributed by atoms with Crippen LogP contribution in [-0.4, -0.2) is 70.6 Å². The third-order valence-corrected chi connectivity index (χ3v) is 4.08. The number of ether oxygens (including phenoxy) is 2. The zero-order valence-electron chi connectivity index (χ0n) is 12.8. The summed E-state index contributed by atoms with van der Waals surface area (Å²) in [5.41, 5.74) is 1.37. The molecule has 0 aromatic heterocycles. The van der Waals surface area contributed by atoms with Gasteiger partial charge in [-0.3, -0.25) is 0 Å². The van der Waals surface area contributed by atoms with Crippen LogP contribution in [0.4, 0.5) is 0 Å². The molecule has 1 aliphatic rings. The van der Waals surface area contributed by atoms with E-state index in [4.69, 9.17) is 9.84 Å². The van der Waals surface area contributed by atoms with Crippen molar-refractivity contribution in [1.29, 1.82) is 0 Å². The SMILES string of the molecule is COC(=O)c1ccc(CC[C@H]2O[C@H](CO)[C@@H](O)[C@H](O)[C@H]2O)cc1. The summed E-state index contributed by atoms with van der Waals surface area (Å²) in [6.07, 6.45) is -4.55. The molecular weight excluding hydrogens is 304 g/mol. The molecule has 0 aliphatic carbocycles. The molecule has 0 saturated carbocycles. The largest absolute Gasteiger partial charge is 0.465 e. The van der Waals surface area contributed by atoms with Crippen molar-refractivity contribution in [2.45, 2.75) is 43.4 Å². The fourth-order valence-electron chi connectivity index (χ4n) is 2.65. The number of carbonyl (C=O) groups is 1. The molecule has 1 aromatic rings. The molecule has 4 N–H and O–H groups in total. The predicted molar refractivity (Wildman–Crippen MR) is 79.9 cm³/mol. The number of rotatable bonds is 5. The normalized spacial score (nSPS) is 30.9. The Kier molecular flexibility index (Phi) is 6.09. The Labute approximate surface area is 134 Å². The van der Waals surface area contributed by atoms with Crippen LogP contribution in [0.3, 0.4) is 0 Å². The summed E-state index contributed by atoms with van der Waals surface area (Å²) >= 11 is 0. The van der Waals surface area contributed by atoms with Gasteiger partial charge in [0.2, 0.25) is 0 Å². The number of hydrogen-bond acceptors (Lipinski definition) is 7. The lowest BCUT2D eigenvalue weighted by atomic mass is 9.92. The minimum absolute atomic E-state index is 0.402. The molecule has 0 amide bonds. The van der Waals surface area contributed by atoms with Crippen LogP contribution in [0.5, 0.6) is 0 Å². The third-order valence-electron chi connectivity index (χ3n) is 4.08. The van der Waals surface area contributed by atoms with Crippen LogP contribution in [0.25, 0.3) is 0 Å². The van der Waals surface area contributed by atoms with Crippen LogP contribution in [0.2, 0.25) is 0 Å². The van der Waals surface area contributed by atoms with E-state index in [-0.39, 0.29) is 0 Å². The summed E-state index contributed by atoms with van der Waals surface area (Å²) in [4.78, 5) is 11.4. The number of aliphatic hydroxyl groups is 4. The number of benzene rings is 1. The molecule has 1 saturated heterocycles. The minimum Gasteiger partial charge on any atom is -0.465 e. The molecule has 5 atom stereocenters. The van der Waals surface area contributed by atoms with Crippen molar-refractivity contribution in [3.8, 4) is 0 Å². The van der Waals surface area contributed by atoms with Gasteiger partial charge in [0.15, 0.2) is 0 Å². The first-order valence-electron chi connectivity index (χ1n) is 7.45.